The fraction of sp³-hybridized carbons (Fsp3) is 0.611. The van der Waals surface area contributed by atoms with Crippen LogP contribution in [-0.2, 0) is 10.9 Å². The number of alkyl carbamates (subject to hydrolysis) is 1. The lowest BCUT2D eigenvalue weighted by Gasteiger charge is -2.38. The molecule has 4 nitrogen and oxygen atoms in total. The van der Waals surface area contributed by atoms with E-state index >= 15 is 0 Å². The summed E-state index contributed by atoms with van der Waals surface area (Å²) in [6.45, 7) is 5.27. The number of nitrogens with one attached hydrogen (secondary N) is 1. The van der Waals surface area contributed by atoms with Gasteiger partial charge in [-0.1, -0.05) is 22.4 Å². The van der Waals surface area contributed by atoms with E-state index in [4.69, 9.17) is 9.47 Å². The fourth-order valence-corrected chi connectivity index (χ4v) is 3.46. The molecule has 1 N–H and O–H groups in total. The molecular formula is C18H23BrF3NO3. The van der Waals surface area contributed by atoms with E-state index in [1.807, 2.05) is 0 Å². The summed E-state index contributed by atoms with van der Waals surface area (Å²) in [7, 11) is 0. The maximum Gasteiger partial charge on any atom is 0.417 e. The third-order valence-electron chi connectivity index (χ3n) is 3.95. The summed E-state index contributed by atoms with van der Waals surface area (Å²) < 4.78 is 49.9. The maximum atomic E-state index is 12.9. The number of hydrogen-bond donors (Lipinski definition) is 1. The van der Waals surface area contributed by atoms with Crippen molar-refractivity contribution in [1.82, 2.24) is 5.32 Å². The van der Waals surface area contributed by atoms with Crippen molar-refractivity contribution in [3.05, 3.63) is 28.2 Å². The Hall–Kier alpha value is -1.44. The summed E-state index contributed by atoms with van der Waals surface area (Å²) in [6.07, 6.45) is -1.23. The largest absolute Gasteiger partial charge is 0.468 e. The van der Waals surface area contributed by atoms with Crippen molar-refractivity contribution in [3.8, 4) is 5.75 Å². The lowest BCUT2D eigenvalue weighted by atomic mass is 9.91. The second-order valence-corrected chi connectivity index (χ2v) is 8.28. The number of ether oxygens (including phenoxy) is 2. The van der Waals surface area contributed by atoms with Gasteiger partial charge in [-0.3, -0.25) is 5.32 Å². The molecule has 1 fully saturated rings. The van der Waals surface area contributed by atoms with Crippen LogP contribution in [0.4, 0.5) is 18.0 Å². The van der Waals surface area contributed by atoms with Crippen LogP contribution in [0.15, 0.2) is 22.7 Å². The van der Waals surface area contributed by atoms with Crippen LogP contribution in [0.1, 0.15) is 58.4 Å². The van der Waals surface area contributed by atoms with Gasteiger partial charge in [0.15, 0.2) is 5.72 Å². The van der Waals surface area contributed by atoms with Crippen LogP contribution in [0.25, 0.3) is 0 Å². The van der Waals surface area contributed by atoms with Gasteiger partial charge in [0.1, 0.15) is 11.4 Å². The van der Waals surface area contributed by atoms with E-state index in [1.165, 1.54) is 12.1 Å². The molecule has 1 aliphatic rings. The molecule has 1 aromatic rings. The minimum atomic E-state index is -4.45. The Morgan fingerprint density at radius 2 is 1.77 bits per heavy atom. The lowest BCUT2D eigenvalue weighted by Crippen LogP contribution is -2.55. The van der Waals surface area contributed by atoms with E-state index in [2.05, 4.69) is 21.2 Å². The molecule has 26 heavy (non-hydrogen) atoms. The first-order chi connectivity index (χ1) is 11.9. The Morgan fingerprint density at radius 1 is 1.15 bits per heavy atom. The molecule has 0 unspecified atom stereocenters. The molecule has 0 aromatic heterocycles. The van der Waals surface area contributed by atoms with Gasteiger partial charge in [0.25, 0.3) is 0 Å². The Labute approximate surface area is 159 Å². The van der Waals surface area contributed by atoms with Gasteiger partial charge in [-0.15, -0.1) is 0 Å². The molecule has 8 heteroatoms. The highest BCUT2D eigenvalue weighted by Crippen LogP contribution is 2.38. The van der Waals surface area contributed by atoms with Crippen molar-refractivity contribution in [2.24, 2.45) is 0 Å². The van der Waals surface area contributed by atoms with Crippen LogP contribution in [0.2, 0.25) is 0 Å². The SMILES string of the molecule is CC(C)(C)OC(=O)NC1(Oc2ccc(C(F)(F)F)c(Br)c2)CCCCC1. The van der Waals surface area contributed by atoms with Gasteiger partial charge in [0.05, 0.1) is 5.56 Å². The average Bonchev–Trinajstić information content (AvgIpc) is 2.44. The summed E-state index contributed by atoms with van der Waals surface area (Å²) in [6, 6.07) is 3.50. The maximum absolute atomic E-state index is 12.9. The zero-order valence-electron chi connectivity index (χ0n) is 15.0. The highest BCUT2D eigenvalue weighted by molar-refractivity contribution is 9.10. The van der Waals surface area contributed by atoms with Crippen molar-refractivity contribution >= 4 is 22.0 Å². The number of rotatable bonds is 3. The van der Waals surface area contributed by atoms with E-state index in [0.29, 0.717) is 12.8 Å². The van der Waals surface area contributed by atoms with Crippen molar-refractivity contribution < 1.29 is 27.4 Å². The number of amides is 1. The predicted molar refractivity (Wildman–Crippen MR) is 95.0 cm³/mol. The molecule has 0 heterocycles. The average molecular weight is 438 g/mol. The number of carbonyl (C=O) groups is 1. The van der Waals surface area contributed by atoms with Gasteiger partial charge in [0, 0.05) is 17.3 Å². The first kappa shape index (κ1) is 20.9. The van der Waals surface area contributed by atoms with E-state index in [9.17, 15) is 18.0 Å². The van der Waals surface area contributed by atoms with Crippen LogP contribution in [0, 0.1) is 0 Å². The van der Waals surface area contributed by atoms with E-state index in [1.54, 1.807) is 20.8 Å². The van der Waals surface area contributed by atoms with Crippen LogP contribution in [0.5, 0.6) is 5.75 Å². The zero-order valence-corrected chi connectivity index (χ0v) is 16.6. The number of benzene rings is 1. The molecule has 0 radical (unpaired) electrons. The first-order valence-corrected chi connectivity index (χ1v) is 9.26. The van der Waals surface area contributed by atoms with Crippen LogP contribution in [0.3, 0.4) is 0 Å². The fourth-order valence-electron chi connectivity index (χ4n) is 2.88. The zero-order chi connectivity index (χ0) is 19.6. The Bertz CT molecular complexity index is 650. The third-order valence-corrected chi connectivity index (χ3v) is 4.61. The normalized spacial score (nSPS) is 17.5. The summed E-state index contributed by atoms with van der Waals surface area (Å²) in [5.74, 6) is 0.253. The summed E-state index contributed by atoms with van der Waals surface area (Å²) >= 11 is 2.94. The van der Waals surface area contributed by atoms with Crippen molar-refractivity contribution in [1.29, 1.82) is 0 Å². The number of hydrogen-bond acceptors (Lipinski definition) is 3. The van der Waals surface area contributed by atoms with Crippen molar-refractivity contribution in [2.45, 2.75) is 70.4 Å². The van der Waals surface area contributed by atoms with Gasteiger partial charge in [-0.25, -0.2) is 4.79 Å². The molecule has 0 bridgehead atoms. The van der Waals surface area contributed by atoms with Gasteiger partial charge in [-0.05, 0) is 51.8 Å². The first-order valence-electron chi connectivity index (χ1n) is 8.47. The van der Waals surface area contributed by atoms with E-state index in [-0.39, 0.29) is 10.2 Å². The molecule has 2 rings (SSSR count). The molecule has 0 saturated heterocycles. The van der Waals surface area contributed by atoms with Gasteiger partial charge in [-0.2, -0.15) is 13.2 Å². The molecule has 1 amide bonds. The summed E-state index contributed by atoms with van der Waals surface area (Å²) in [4.78, 5) is 12.2. The second kappa shape index (κ2) is 7.66. The number of carbonyl (C=O) groups excluding carboxylic acids is 1. The standard InChI is InChI=1S/C18H23BrF3NO3/c1-16(2,3)26-15(24)23-17(9-5-4-6-10-17)25-12-7-8-13(14(19)11-12)18(20,21)22/h7-8,11H,4-6,9-10H2,1-3H3,(H,23,24). The molecule has 0 spiro atoms. The van der Waals surface area contributed by atoms with E-state index < -0.39 is 29.2 Å². The van der Waals surface area contributed by atoms with Gasteiger partial charge >= 0.3 is 12.3 Å². The topological polar surface area (TPSA) is 47.6 Å². The number of alkyl halides is 3. The summed E-state index contributed by atoms with van der Waals surface area (Å²) in [5, 5.41) is 2.78. The minimum Gasteiger partial charge on any atom is -0.468 e. The van der Waals surface area contributed by atoms with Gasteiger partial charge in [0.2, 0.25) is 0 Å². The molecule has 1 aliphatic carbocycles. The van der Waals surface area contributed by atoms with Gasteiger partial charge < -0.3 is 9.47 Å². The predicted octanol–water partition coefficient (Wildman–Crippen LogP) is 6.03. The molecule has 0 aliphatic heterocycles. The third kappa shape index (κ3) is 5.79. The summed E-state index contributed by atoms with van der Waals surface area (Å²) in [5.41, 5.74) is -2.42. The molecule has 1 saturated carbocycles. The number of halogens is 4. The molecular weight excluding hydrogens is 415 g/mol. The Morgan fingerprint density at radius 3 is 2.27 bits per heavy atom. The van der Waals surface area contributed by atoms with Crippen LogP contribution < -0.4 is 10.1 Å². The highest BCUT2D eigenvalue weighted by Gasteiger charge is 2.38. The quantitative estimate of drug-likeness (QED) is 0.586. The Kier molecular flexibility index (Phi) is 6.15. The second-order valence-electron chi connectivity index (χ2n) is 7.42. The van der Waals surface area contributed by atoms with Crippen LogP contribution >= 0.6 is 15.9 Å². The molecule has 1 aromatic carbocycles. The minimum absolute atomic E-state index is 0.106. The molecule has 146 valence electrons. The van der Waals surface area contributed by atoms with E-state index in [0.717, 1.165) is 25.3 Å². The molecule has 0 atom stereocenters. The highest BCUT2D eigenvalue weighted by atomic mass is 79.9. The van der Waals surface area contributed by atoms with Crippen molar-refractivity contribution in [2.75, 3.05) is 0 Å². The lowest BCUT2D eigenvalue weighted by molar-refractivity contribution is -0.138. The van der Waals surface area contributed by atoms with Crippen molar-refractivity contribution in [3.63, 3.8) is 0 Å². The Balaban J connectivity index is 2.20. The monoisotopic (exact) mass is 437 g/mol. The van der Waals surface area contributed by atoms with Crippen LogP contribution in [-0.4, -0.2) is 17.4 Å². The smallest absolute Gasteiger partial charge is 0.417 e.